The monoisotopic (exact) mass is 205 g/mol. The van der Waals surface area contributed by atoms with Crippen LogP contribution in [0.1, 0.15) is 11.8 Å². The third-order valence-corrected chi connectivity index (χ3v) is 2.09. The largest absolute Gasteiger partial charge is 0.374 e. The zero-order valence-corrected chi connectivity index (χ0v) is 8.02. The van der Waals surface area contributed by atoms with Crippen LogP contribution in [0.25, 0.3) is 0 Å². The molecule has 12 heavy (non-hydrogen) atoms. The lowest BCUT2D eigenvalue weighted by molar-refractivity contribution is 0.149. The topological polar surface area (TPSA) is 32.3 Å². The van der Waals surface area contributed by atoms with Crippen molar-refractivity contribution in [2.75, 3.05) is 7.05 Å². The van der Waals surface area contributed by atoms with Crippen molar-refractivity contribution in [3.05, 3.63) is 33.8 Å². The van der Waals surface area contributed by atoms with Crippen molar-refractivity contribution >= 4 is 23.2 Å². The van der Waals surface area contributed by atoms with Gasteiger partial charge in [-0.1, -0.05) is 29.3 Å². The van der Waals surface area contributed by atoms with Crippen molar-refractivity contribution in [3.63, 3.8) is 0 Å². The summed E-state index contributed by atoms with van der Waals surface area (Å²) >= 11 is 11.5. The van der Waals surface area contributed by atoms with Gasteiger partial charge in [-0.15, -0.1) is 0 Å². The van der Waals surface area contributed by atoms with E-state index >= 15 is 0 Å². The molecule has 1 aromatic carbocycles. The molecule has 1 unspecified atom stereocenters. The van der Waals surface area contributed by atoms with Crippen molar-refractivity contribution in [3.8, 4) is 0 Å². The molecule has 0 saturated carbocycles. The molecule has 1 aromatic rings. The number of hydrogen-bond acceptors (Lipinski definition) is 2. The first-order valence-corrected chi connectivity index (χ1v) is 4.21. The van der Waals surface area contributed by atoms with Gasteiger partial charge in [0, 0.05) is 15.6 Å². The van der Waals surface area contributed by atoms with Crippen LogP contribution in [0, 0.1) is 0 Å². The highest BCUT2D eigenvalue weighted by molar-refractivity contribution is 6.35. The highest BCUT2D eigenvalue weighted by atomic mass is 35.5. The molecule has 0 heterocycles. The first-order valence-electron chi connectivity index (χ1n) is 3.45. The molecule has 2 nitrogen and oxygen atoms in total. The summed E-state index contributed by atoms with van der Waals surface area (Å²) in [5, 5.41) is 13.1. The van der Waals surface area contributed by atoms with Gasteiger partial charge >= 0.3 is 0 Å². The first-order chi connectivity index (χ1) is 5.65. The number of rotatable bonds is 2. The smallest absolute Gasteiger partial charge is 0.132 e. The number of aliphatic hydroxyl groups is 1. The van der Waals surface area contributed by atoms with Crippen LogP contribution in [-0.2, 0) is 0 Å². The molecule has 0 spiro atoms. The normalized spacial score (nSPS) is 13.0. The van der Waals surface area contributed by atoms with Crippen LogP contribution in [0.2, 0.25) is 10.0 Å². The van der Waals surface area contributed by atoms with Gasteiger partial charge in [0.1, 0.15) is 6.23 Å². The number of benzene rings is 1. The summed E-state index contributed by atoms with van der Waals surface area (Å²) in [7, 11) is 1.65. The summed E-state index contributed by atoms with van der Waals surface area (Å²) in [4.78, 5) is 0. The molecule has 0 aliphatic rings. The SMILES string of the molecule is CNC(O)c1ccc(Cl)cc1Cl. The van der Waals surface area contributed by atoms with Crippen molar-refractivity contribution in [1.82, 2.24) is 5.32 Å². The maximum Gasteiger partial charge on any atom is 0.132 e. The minimum absolute atomic E-state index is 0.462. The Morgan fingerprint density at radius 2 is 2.08 bits per heavy atom. The van der Waals surface area contributed by atoms with Crippen LogP contribution in [0.15, 0.2) is 18.2 Å². The Morgan fingerprint density at radius 3 is 2.58 bits per heavy atom. The highest BCUT2D eigenvalue weighted by Crippen LogP contribution is 2.24. The Balaban J connectivity index is 3.01. The van der Waals surface area contributed by atoms with Gasteiger partial charge in [0.25, 0.3) is 0 Å². The predicted octanol–water partition coefficient (Wildman–Crippen LogP) is 2.20. The Hall–Kier alpha value is -0.280. The molecule has 4 heteroatoms. The van der Waals surface area contributed by atoms with Crippen LogP contribution < -0.4 is 5.32 Å². The quantitative estimate of drug-likeness (QED) is 0.727. The molecule has 66 valence electrons. The molecule has 0 radical (unpaired) electrons. The summed E-state index contributed by atoms with van der Waals surface area (Å²) in [5.41, 5.74) is 0.628. The van der Waals surface area contributed by atoms with Gasteiger partial charge in [-0.3, -0.25) is 5.32 Å². The summed E-state index contributed by atoms with van der Waals surface area (Å²) < 4.78 is 0. The second-order valence-electron chi connectivity index (χ2n) is 2.36. The first kappa shape index (κ1) is 9.81. The summed E-state index contributed by atoms with van der Waals surface area (Å²) in [6, 6.07) is 4.97. The van der Waals surface area contributed by atoms with Crippen LogP contribution in [0.5, 0.6) is 0 Å². The van der Waals surface area contributed by atoms with E-state index in [1.807, 2.05) is 0 Å². The Labute approximate surface area is 81.1 Å². The molecule has 0 aromatic heterocycles. The number of nitrogens with one attached hydrogen (secondary N) is 1. The van der Waals surface area contributed by atoms with E-state index in [2.05, 4.69) is 5.32 Å². The van der Waals surface area contributed by atoms with E-state index in [1.165, 1.54) is 0 Å². The van der Waals surface area contributed by atoms with Gasteiger partial charge in [0.05, 0.1) is 0 Å². The Kier molecular flexibility index (Phi) is 3.35. The van der Waals surface area contributed by atoms with Crippen molar-refractivity contribution < 1.29 is 5.11 Å². The Morgan fingerprint density at radius 1 is 1.42 bits per heavy atom. The molecule has 0 amide bonds. The average molecular weight is 206 g/mol. The molecule has 2 N–H and O–H groups in total. The second-order valence-corrected chi connectivity index (χ2v) is 3.20. The molecule has 0 aliphatic carbocycles. The molecular weight excluding hydrogens is 197 g/mol. The van der Waals surface area contributed by atoms with Gasteiger partial charge in [-0.2, -0.15) is 0 Å². The third-order valence-electron chi connectivity index (χ3n) is 1.53. The standard InChI is InChI=1S/C8H9Cl2NO/c1-11-8(12)6-3-2-5(9)4-7(6)10/h2-4,8,11-12H,1H3. The van der Waals surface area contributed by atoms with E-state index in [-0.39, 0.29) is 0 Å². The fourth-order valence-electron chi connectivity index (χ4n) is 0.879. The average Bonchev–Trinajstić information content (AvgIpc) is 2.03. The van der Waals surface area contributed by atoms with E-state index in [0.29, 0.717) is 15.6 Å². The van der Waals surface area contributed by atoms with Gasteiger partial charge in [-0.25, -0.2) is 0 Å². The number of hydrogen-bond donors (Lipinski definition) is 2. The zero-order chi connectivity index (χ0) is 9.14. The van der Waals surface area contributed by atoms with E-state index < -0.39 is 6.23 Å². The molecule has 1 atom stereocenters. The van der Waals surface area contributed by atoms with E-state index in [9.17, 15) is 5.11 Å². The Bertz CT molecular complexity index is 278. The van der Waals surface area contributed by atoms with Crippen molar-refractivity contribution in [1.29, 1.82) is 0 Å². The molecule has 1 rings (SSSR count). The molecule has 0 saturated heterocycles. The molecule has 0 bridgehead atoms. The van der Waals surface area contributed by atoms with Crippen molar-refractivity contribution in [2.24, 2.45) is 0 Å². The van der Waals surface area contributed by atoms with E-state index in [4.69, 9.17) is 23.2 Å². The summed E-state index contributed by atoms with van der Waals surface area (Å²) in [5.74, 6) is 0. The van der Waals surface area contributed by atoms with Crippen LogP contribution in [-0.4, -0.2) is 12.2 Å². The van der Waals surface area contributed by atoms with Gasteiger partial charge in [0.2, 0.25) is 0 Å². The predicted molar refractivity (Wildman–Crippen MR) is 50.5 cm³/mol. The number of halogens is 2. The maximum atomic E-state index is 9.36. The maximum absolute atomic E-state index is 9.36. The minimum atomic E-state index is -0.741. The highest BCUT2D eigenvalue weighted by Gasteiger charge is 2.08. The summed E-state index contributed by atoms with van der Waals surface area (Å²) in [6.45, 7) is 0. The lowest BCUT2D eigenvalue weighted by Crippen LogP contribution is -2.15. The second kappa shape index (κ2) is 4.10. The third kappa shape index (κ3) is 2.11. The molecule has 0 aliphatic heterocycles. The molecular formula is C8H9Cl2NO. The van der Waals surface area contributed by atoms with Crippen LogP contribution >= 0.6 is 23.2 Å². The van der Waals surface area contributed by atoms with Gasteiger partial charge < -0.3 is 5.11 Å². The van der Waals surface area contributed by atoms with Crippen molar-refractivity contribution in [2.45, 2.75) is 6.23 Å². The fourth-order valence-corrected chi connectivity index (χ4v) is 1.39. The van der Waals surface area contributed by atoms with Gasteiger partial charge in [-0.05, 0) is 19.2 Å². The number of aliphatic hydroxyl groups excluding tert-OH is 1. The van der Waals surface area contributed by atoms with Crippen LogP contribution in [0.4, 0.5) is 0 Å². The fraction of sp³-hybridized carbons (Fsp3) is 0.250. The van der Waals surface area contributed by atoms with Crippen LogP contribution in [0.3, 0.4) is 0 Å². The lowest BCUT2D eigenvalue weighted by Gasteiger charge is -2.10. The van der Waals surface area contributed by atoms with E-state index in [0.717, 1.165) is 0 Å². The summed E-state index contributed by atoms with van der Waals surface area (Å²) in [6.07, 6.45) is -0.741. The lowest BCUT2D eigenvalue weighted by atomic mass is 10.2. The van der Waals surface area contributed by atoms with Gasteiger partial charge in [0.15, 0.2) is 0 Å². The minimum Gasteiger partial charge on any atom is -0.374 e. The van der Waals surface area contributed by atoms with E-state index in [1.54, 1.807) is 25.2 Å². The molecule has 0 fully saturated rings. The zero-order valence-electron chi connectivity index (χ0n) is 6.51.